The molecule has 0 aliphatic heterocycles. The van der Waals surface area contributed by atoms with Crippen LogP contribution in [0.15, 0.2) is 53.4 Å². The Labute approximate surface area is 181 Å². The van der Waals surface area contributed by atoms with Crippen molar-refractivity contribution in [1.82, 2.24) is 9.88 Å². The molecule has 1 aromatic heterocycles. The van der Waals surface area contributed by atoms with E-state index < -0.39 is 9.84 Å². The summed E-state index contributed by atoms with van der Waals surface area (Å²) in [6, 6.07) is 14.5. The molecule has 9 heteroatoms. The van der Waals surface area contributed by atoms with Crippen LogP contribution in [0.4, 0.5) is 5.13 Å². The van der Waals surface area contributed by atoms with Crippen molar-refractivity contribution in [3.63, 3.8) is 0 Å². The summed E-state index contributed by atoms with van der Waals surface area (Å²) < 4.78 is 24.4. The number of rotatable bonds is 7. The van der Waals surface area contributed by atoms with Gasteiger partial charge in [0, 0.05) is 19.3 Å². The second-order valence-corrected chi connectivity index (χ2v) is 9.93. The van der Waals surface area contributed by atoms with Crippen molar-refractivity contribution >= 4 is 54.8 Å². The van der Waals surface area contributed by atoms with Crippen molar-refractivity contribution < 1.29 is 13.2 Å². The van der Waals surface area contributed by atoms with Crippen molar-refractivity contribution in [2.75, 3.05) is 38.3 Å². The van der Waals surface area contributed by atoms with Gasteiger partial charge >= 0.3 is 0 Å². The van der Waals surface area contributed by atoms with Crippen LogP contribution in [0, 0.1) is 0 Å². The van der Waals surface area contributed by atoms with Crippen molar-refractivity contribution in [3.05, 3.63) is 54.1 Å². The van der Waals surface area contributed by atoms with E-state index in [9.17, 15) is 13.2 Å². The molecule has 29 heavy (non-hydrogen) atoms. The van der Waals surface area contributed by atoms with E-state index in [1.807, 2.05) is 49.3 Å². The number of hydrogen-bond acceptors (Lipinski definition) is 6. The number of amides is 1. The second kappa shape index (κ2) is 9.67. The van der Waals surface area contributed by atoms with Gasteiger partial charge in [-0.1, -0.05) is 41.7 Å². The molecule has 0 unspecified atom stereocenters. The zero-order chi connectivity index (χ0) is 20.3. The summed E-state index contributed by atoms with van der Waals surface area (Å²) in [6.07, 6.45) is 1.47. The maximum atomic E-state index is 13.0. The van der Waals surface area contributed by atoms with Gasteiger partial charge in [0.05, 0.1) is 21.5 Å². The quantitative estimate of drug-likeness (QED) is 0.549. The van der Waals surface area contributed by atoms with E-state index in [1.165, 1.54) is 17.6 Å². The van der Waals surface area contributed by atoms with Gasteiger partial charge < -0.3 is 4.90 Å². The van der Waals surface area contributed by atoms with Gasteiger partial charge in [0.1, 0.15) is 0 Å². The van der Waals surface area contributed by atoms with Gasteiger partial charge in [0.25, 0.3) is 0 Å². The molecule has 0 N–H and O–H groups in total. The minimum atomic E-state index is -3.29. The number of sulfone groups is 1. The smallest absolute Gasteiger partial charge is 0.233 e. The summed E-state index contributed by atoms with van der Waals surface area (Å²) in [4.78, 5) is 21.6. The highest BCUT2D eigenvalue weighted by molar-refractivity contribution is 7.90. The fourth-order valence-electron chi connectivity index (χ4n) is 2.73. The highest BCUT2D eigenvalue weighted by Crippen LogP contribution is 2.31. The zero-order valence-electron chi connectivity index (χ0n) is 16.5. The molecule has 0 aliphatic rings. The van der Waals surface area contributed by atoms with Crippen molar-refractivity contribution in [2.24, 2.45) is 0 Å². The van der Waals surface area contributed by atoms with Gasteiger partial charge in [-0.05, 0) is 37.9 Å². The summed E-state index contributed by atoms with van der Waals surface area (Å²) in [5.41, 5.74) is 1.64. The highest BCUT2D eigenvalue weighted by atomic mass is 35.5. The molecule has 3 aromatic rings. The fourth-order valence-corrected chi connectivity index (χ4v) is 4.50. The van der Waals surface area contributed by atoms with Crippen LogP contribution >= 0.6 is 23.7 Å². The Morgan fingerprint density at radius 2 is 1.76 bits per heavy atom. The first kappa shape index (κ1) is 23.3. The predicted octanol–water partition coefficient (Wildman–Crippen LogP) is 3.26. The molecule has 0 saturated carbocycles. The molecule has 0 aliphatic carbocycles. The Morgan fingerprint density at radius 3 is 2.38 bits per heavy atom. The Balaban J connectivity index is 0.00000300. The van der Waals surface area contributed by atoms with Gasteiger partial charge in [-0.25, -0.2) is 13.4 Å². The molecule has 0 atom stereocenters. The monoisotopic (exact) mass is 453 g/mol. The average molecular weight is 454 g/mol. The molecule has 0 fully saturated rings. The largest absolute Gasteiger partial charge is 0.308 e. The Morgan fingerprint density at radius 1 is 1.07 bits per heavy atom. The van der Waals surface area contributed by atoms with Crippen LogP contribution in [0.25, 0.3) is 10.2 Å². The summed E-state index contributed by atoms with van der Waals surface area (Å²) in [7, 11) is 0.618. The number of benzene rings is 2. The van der Waals surface area contributed by atoms with Gasteiger partial charge in [0.2, 0.25) is 5.91 Å². The zero-order valence-corrected chi connectivity index (χ0v) is 19.0. The standard InChI is InChI=1S/C20H23N3O3S2.ClH/c1-22(2)11-12-23(19(24)13-15-7-5-4-6-8-15)20-21-17-10-9-16(28(3,25)26)14-18(17)27-20;/h4-10,14H,11-13H2,1-3H3;1H. The van der Waals surface area contributed by atoms with Gasteiger partial charge in [-0.3, -0.25) is 9.69 Å². The van der Waals surface area contributed by atoms with E-state index in [2.05, 4.69) is 4.98 Å². The van der Waals surface area contributed by atoms with Gasteiger partial charge in [0.15, 0.2) is 15.0 Å². The number of carbonyl (C=O) groups excluding carboxylic acids is 1. The van der Waals surface area contributed by atoms with Crippen LogP contribution < -0.4 is 4.90 Å². The first-order valence-electron chi connectivity index (χ1n) is 8.84. The van der Waals surface area contributed by atoms with E-state index in [0.29, 0.717) is 30.2 Å². The molecule has 0 bridgehead atoms. The molecule has 0 radical (unpaired) electrons. The average Bonchev–Trinajstić information content (AvgIpc) is 3.04. The summed E-state index contributed by atoms with van der Waals surface area (Å²) >= 11 is 1.34. The minimum absolute atomic E-state index is 0. The van der Waals surface area contributed by atoms with Crippen LogP contribution in [-0.4, -0.2) is 57.6 Å². The number of thiazole rings is 1. The minimum Gasteiger partial charge on any atom is -0.308 e. The number of nitrogens with zero attached hydrogens (tertiary/aromatic N) is 3. The lowest BCUT2D eigenvalue weighted by Gasteiger charge is -2.22. The highest BCUT2D eigenvalue weighted by Gasteiger charge is 2.21. The Bertz CT molecular complexity index is 1080. The topological polar surface area (TPSA) is 70.6 Å². The number of likely N-dealkylation sites (N-methyl/N-ethyl adjacent to an activating group) is 1. The molecule has 0 saturated heterocycles. The molecule has 156 valence electrons. The van der Waals surface area contributed by atoms with E-state index in [1.54, 1.807) is 23.1 Å². The molecule has 1 heterocycles. The second-order valence-electron chi connectivity index (χ2n) is 6.91. The van der Waals surface area contributed by atoms with Crippen molar-refractivity contribution in [1.29, 1.82) is 0 Å². The van der Waals surface area contributed by atoms with Crippen LogP contribution in [0.2, 0.25) is 0 Å². The number of halogens is 1. The molecule has 6 nitrogen and oxygen atoms in total. The van der Waals surface area contributed by atoms with Gasteiger partial charge in [-0.15, -0.1) is 12.4 Å². The lowest BCUT2D eigenvalue weighted by atomic mass is 10.1. The van der Waals surface area contributed by atoms with Crippen LogP contribution in [0.1, 0.15) is 5.56 Å². The van der Waals surface area contributed by atoms with Crippen molar-refractivity contribution in [2.45, 2.75) is 11.3 Å². The molecule has 3 rings (SSSR count). The van der Waals surface area contributed by atoms with Crippen molar-refractivity contribution in [3.8, 4) is 0 Å². The van der Waals surface area contributed by atoms with E-state index in [-0.39, 0.29) is 23.2 Å². The number of aromatic nitrogens is 1. The number of anilines is 1. The summed E-state index contributed by atoms with van der Waals surface area (Å²) in [6.45, 7) is 1.21. The van der Waals surface area contributed by atoms with E-state index >= 15 is 0 Å². The van der Waals surface area contributed by atoms with E-state index in [0.717, 1.165) is 10.3 Å². The van der Waals surface area contributed by atoms with Crippen LogP contribution in [0.3, 0.4) is 0 Å². The Hall–Kier alpha value is -2.00. The fraction of sp³-hybridized carbons (Fsp3) is 0.300. The van der Waals surface area contributed by atoms with Crippen LogP contribution in [-0.2, 0) is 21.1 Å². The first-order chi connectivity index (χ1) is 13.2. The lowest BCUT2D eigenvalue weighted by molar-refractivity contribution is -0.118. The molecule has 1 amide bonds. The summed E-state index contributed by atoms with van der Waals surface area (Å²) in [5, 5.41) is 0.587. The van der Waals surface area contributed by atoms with Gasteiger partial charge in [-0.2, -0.15) is 0 Å². The third kappa shape index (κ3) is 5.99. The normalized spacial score (nSPS) is 11.4. The third-order valence-corrected chi connectivity index (χ3v) is 6.43. The molecule has 0 spiro atoms. The molecular formula is C20H24ClN3O3S2. The first-order valence-corrected chi connectivity index (χ1v) is 11.5. The Kier molecular flexibility index (Phi) is 7.76. The third-order valence-electron chi connectivity index (χ3n) is 4.28. The molecule has 2 aromatic carbocycles. The predicted molar refractivity (Wildman–Crippen MR) is 121 cm³/mol. The maximum absolute atomic E-state index is 13.0. The summed E-state index contributed by atoms with van der Waals surface area (Å²) in [5.74, 6) is -0.0320. The number of carbonyl (C=O) groups is 1. The lowest BCUT2D eigenvalue weighted by Crippen LogP contribution is -2.37. The number of hydrogen-bond donors (Lipinski definition) is 0. The number of fused-ring (bicyclic) bond motifs is 1. The molecular weight excluding hydrogens is 430 g/mol. The SMILES string of the molecule is CN(C)CCN(C(=O)Cc1ccccc1)c1nc2ccc(S(C)(=O)=O)cc2s1.Cl. The maximum Gasteiger partial charge on any atom is 0.233 e. The van der Waals surface area contributed by atoms with Crippen LogP contribution in [0.5, 0.6) is 0 Å². The van der Waals surface area contributed by atoms with E-state index in [4.69, 9.17) is 0 Å².